The molecular weight excluding hydrogens is 232 g/mol. The van der Waals surface area contributed by atoms with E-state index in [1.807, 2.05) is 6.08 Å². The fourth-order valence-corrected chi connectivity index (χ4v) is 5.23. The minimum atomic E-state index is 0.119. The van der Waals surface area contributed by atoms with Gasteiger partial charge in [-0.05, 0) is 73.2 Å². The van der Waals surface area contributed by atoms with Crippen LogP contribution in [0.3, 0.4) is 0 Å². The molecule has 0 aliphatic heterocycles. The second kappa shape index (κ2) is 4.01. The van der Waals surface area contributed by atoms with Gasteiger partial charge in [0.2, 0.25) is 0 Å². The lowest BCUT2D eigenvalue weighted by Gasteiger charge is -2.48. The van der Waals surface area contributed by atoms with Crippen molar-refractivity contribution >= 4 is 0 Å². The molecule has 0 heterocycles. The van der Waals surface area contributed by atoms with E-state index in [4.69, 9.17) is 0 Å². The zero-order chi connectivity index (χ0) is 13.0. The molecule has 0 saturated heterocycles. The number of hydrogen-bond acceptors (Lipinski definition) is 1. The van der Waals surface area contributed by atoms with Crippen molar-refractivity contribution in [1.29, 1.82) is 0 Å². The Morgan fingerprint density at radius 1 is 1.21 bits per heavy atom. The van der Waals surface area contributed by atoms with Gasteiger partial charge in [0.05, 0.1) is 0 Å². The lowest BCUT2D eigenvalue weighted by molar-refractivity contribution is 0.143. The van der Waals surface area contributed by atoms with Crippen LogP contribution in [0, 0.1) is 23.2 Å². The molecule has 2 saturated carbocycles. The van der Waals surface area contributed by atoms with E-state index >= 15 is 0 Å². The summed E-state index contributed by atoms with van der Waals surface area (Å²) in [5, 5.41) is 9.91. The standard InChI is InChI=1S/C18H24O/c1-18-9-8-15-14-5-3-2-4-12(14)6-7-16(15)17(18)10-13(19)11-18/h7,10-12,14-15,19H,2-6,8-9H2,1H3/t12?,14-,15+,18+/m0/s1. The highest BCUT2D eigenvalue weighted by Crippen LogP contribution is 2.57. The highest BCUT2D eigenvalue weighted by Gasteiger charge is 2.46. The molecule has 0 bridgehead atoms. The molecule has 4 rings (SSSR count). The number of rotatable bonds is 0. The Morgan fingerprint density at radius 2 is 2.05 bits per heavy atom. The molecule has 1 heteroatoms. The fraction of sp³-hybridized carbons (Fsp3) is 0.667. The smallest absolute Gasteiger partial charge is 0.112 e. The molecule has 4 aliphatic carbocycles. The summed E-state index contributed by atoms with van der Waals surface area (Å²) in [6, 6.07) is 0. The van der Waals surface area contributed by atoms with E-state index in [2.05, 4.69) is 19.1 Å². The summed E-state index contributed by atoms with van der Waals surface area (Å²) in [5.41, 5.74) is 3.15. The lowest BCUT2D eigenvalue weighted by Crippen LogP contribution is -2.37. The first kappa shape index (κ1) is 11.8. The minimum Gasteiger partial charge on any atom is -0.508 e. The van der Waals surface area contributed by atoms with E-state index in [0.29, 0.717) is 5.76 Å². The number of hydrogen-bond donors (Lipinski definition) is 1. The van der Waals surface area contributed by atoms with Crippen molar-refractivity contribution < 1.29 is 5.11 Å². The van der Waals surface area contributed by atoms with Crippen molar-refractivity contribution in [2.24, 2.45) is 23.2 Å². The van der Waals surface area contributed by atoms with Gasteiger partial charge in [0.1, 0.15) is 5.76 Å². The van der Waals surface area contributed by atoms with E-state index in [9.17, 15) is 5.11 Å². The van der Waals surface area contributed by atoms with Crippen LogP contribution in [-0.2, 0) is 0 Å². The first-order valence-electron chi connectivity index (χ1n) is 8.02. The zero-order valence-electron chi connectivity index (χ0n) is 11.9. The largest absolute Gasteiger partial charge is 0.508 e. The van der Waals surface area contributed by atoms with Crippen LogP contribution < -0.4 is 0 Å². The molecule has 0 radical (unpaired) electrons. The van der Waals surface area contributed by atoms with Gasteiger partial charge in [0.15, 0.2) is 0 Å². The number of aliphatic hydroxyl groups excluding tert-OH is 1. The van der Waals surface area contributed by atoms with E-state index < -0.39 is 0 Å². The minimum absolute atomic E-state index is 0.119. The van der Waals surface area contributed by atoms with E-state index in [1.165, 1.54) is 50.5 Å². The van der Waals surface area contributed by atoms with Gasteiger partial charge in [-0.15, -0.1) is 0 Å². The van der Waals surface area contributed by atoms with Crippen molar-refractivity contribution in [3.63, 3.8) is 0 Å². The van der Waals surface area contributed by atoms with Crippen molar-refractivity contribution in [2.45, 2.75) is 51.9 Å². The molecule has 0 aromatic carbocycles. The summed E-state index contributed by atoms with van der Waals surface area (Å²) in [6.45, 7) is 2.30. The Hall–Kier alpha value is -0.980. The molecule has 102 valence electrons. The maximum absolute atomic E-state index is 9.91. The fourth-order valence-electron chi connectivity index (χ4n) is 5.23. The van der Waals surface area contributed by atoms with Gasteiger partial charge in [-0.2, -0.15) is 0 Å². The van der Waals surface area contributed by atoms with Crippen LogP contribution in [0.1, 0.15) is 51.9 Å². The quantitative estimate of drug-likeness (QED) is 0.652. The maximum atomic E-state index is 9.91. The summed E-state index contributed by atoms with van der Waals surface area (Å²) in [4.78, 5) is 0. The highest BCUT2D eigenvalue weighted by molar-refractivity contribution is 5.51. The monoisotopic (exact) mass is 256 g/mol. The molecule has 0 aromatic heterocycles. The second-order valence-corrected chi connectivity index (χ2v) is 7.29. The van der Waals surface area contributed by atoms with Crippen LogP contribution in [0.15, 0.2) is 35.1 Å². The predicted octanol–water partition coefficient (Wildman–Crippen LogP) is 4.92. The van der Waals surface area contributed by atoms with Crippen LogP contribution in [0.5, 0.6) is 0 Å². The Balaban J connectivity index is 1.72. The molecule has 4 aliphatic rings. The van der Waals surface area contributed by atoms with Crippen LogP contribution in [0.2, 0.25) is 0 Å². The predicted molar refractivity (Wildman–Crippen MR) is 77.8 cm³/mol. The first-order valence-corrected chi connectivity index (χ1v) is 8.02. The van der Waals surface area contributed by atoms with Gasteiger partial charge < -0.3 is 5.11 Å². The van der Waals surface area contributed by atoms with Crippen molar-refractivity contribution in [2.75, 3.05) is 0 Å². The maximum Gasteiger partial charge on any atom is 0.112 e. The first-order chi connectivity index (χ1) is 9.17. The molecule has 4 atom stereocenters. The molecule has 0 amide bonds. The second-order valence-electron chi connectivity index (χ2n) is 7.29. The van der Waals surface area contributed by atoms with Gasteiger partial charge in [-0.25, -0.2) is 0 Å². The third-order valence-corrected chi connectivity index (χ3v) is 6.18. The molecule has 0 aromatic rings. The molecule has 1 unspecified atom stereocenters. The van der Waals surface area contributed by atoms with Gasteiger partial charge >= 0.3 is 0 Å². The van der Waals surface area contributed by atoms with Gasteiger partial charge in [0, 0.05) is 5.41 Å². The SMILES string of the molecule is C[C@@]12C=C(O)C=C1C1=CCC3CCCC[C@@H]3[C@H]1CC2. The van der Waals surface area contributed by atoms with Crippen LogP contribution in [0.25, 0.3) is 0 Å². The topological polar surface area (TPSA) is 20.2 Å². The summed E-state index contributed by atoms with van der Waals surface area (Å²) in [7, 11) is 0. The Morgan fingerprint density at radius 3 is 2.95 bits per heavy atom. The summed E-state index contributed by atoms with van der Waals surface area (Å²) in [5.74, 6) is 3.17. The van der Waals surface area contributed by atoms with Crippen molar-refractivity contribution in [1.82, 2.24) is 0 Å². The zero-order valence-corrected chi connectivity index (χ0v) is 11.9. The van der Waals surface area contributed by atoms with E-state index in [-0.39, 0.29) is 5.41 Å². The summed E-state index contributed by atoms with van der Waals surface area (Å²) in [6.07, 6.45) is 16.2. The summed E-state index contributed by atoms with van der Waals surface area (Å²) < 4.78 is 0. The number of fused-ring (bicyclic) bond motifs is 5. The van der Waals surface area contributed by atoms with Crippen molar-refractivity contribution in [3.05, 3.63) is 35.1 Å². The molecular formula is C18H24O. The average Bonchev–Trinajstić information content (AvgIpc) is 2.73. The van der Waals surface area contributed by atoms with Crippen LogP contribution in [-0.4, -0.2) is 5.11 Å². The highest BCUT2D eigenvalue weighted by atomic mass is 16.3. The third-order valence-electron chi connectivity index (χ3n) is 6.18. The molecule has 2 fully saturated rings. The third kappa shape index (κ3) is 1.67. The van der Waals surface area contributed by atoms with Crippen molar-refractivity contribution in [3.8, 4) is 0 Å². The summed E-state index contributed by atoms with van der Waals surface area (Å²) >= 11 is 0. The normalized spacial score (nSPS) is 44.5. The molecule has 1 nitrogen and oxygen atoms in total. The van der Waals surface area contributed by atoms with Gasteiger partial charge in [0.25, 0.3) is 0 Å². The van der Waals surface area contributed by atoms with Crippen LogP contribution in [0.4, 0.5) is 0 Å². The van der Waals surface area contributed by atoms with E-state index in [0.717, 1.165) is 17.8 Å². The Bertz CT molecular complexity index is 496. The lowest BCUT2D eigenvalue weighted by atomic mass is 9.57. The molecule has 0 spiro atoms. The van der Waals surface area contributed by atoms with Gasteiger partial charge in [-0.3, -0.25) is 0 Å². The molecule has 19 heavy (non-hydrogen) atoms. The number of aliphatic hydroxyl groups is 1. The van der Waals surface area contributed by atoms with E-state index in [1.54, 1.807) is 5.57 Å². The van der Waals surface area contributed by atoms with Crippen LogP contribution >= 0.6 is 0 Å². The average molecular weight is 256 g/mol. The Kier molecular flexibility index (Phi) is 2.49. The van der Waals surface area contributed by atoms with Gasteiger partial charge in [-0.1, -0.05) is 25.8 Å². The number of allylic oxidation sites excluding steroid dienone is 5. The molecule has 1 N–H and O–H groups in total. The Labute approximate surface area is 116 Å².